The summed E-state index contributed by atoms with van der Waals surface area (Å²) in [7, 11) is -0.376. The molecule has 2 fully saturated rings. The summed E-state index contributed by atoms with van der Waals surface area (Å²) in [6.07, 6.45) is 1.61. The molecule has 3 rings (SSSR count). The smallest absolute Gasteiger partial charge is 0.243 e. The molecule has 160 valence electrons. The maximum Gasteiger partial charge on any atom is 0.243 e. The van der Waals surface area contributed by atoms with E-state index in [9.17, 15) is 22.4 Å². The second-order valence-electron chi connectivity index (χ2n) is 7.60. The first-order valence-corrected chi connectivity index (χ1v) is 11.1. The number of carbonyl (C=O) groups is 2. The topological polar surface area (TPSA) is 81.2 Å². The fourth-order valence-corrected chi connectivity index (χ4v) is 5.28. The average Bonchev–Trinajstić information content (AvgIpc) is 3.15. The molecular weight excluding hydrogens is 399 g/mol. The van der Waals surface area contributed by atoms with Crippen LogP contribution in [0.1, 0.15) is 12.8 Å². The summed E-state index contributed by atoms with van der Waals surface area (Å²) in [5.74, 6) is -0.708. The minimum atomic E-state index is -3.79. The van der Waals surface area contributed by atoms with E-state index in [2.05, 4.69) is 0 Å². The molecule has 0 N–H and O–H groups in total. The second-order valence-corrected chi connectivity index (χ2v) is 9.54. The fraction of sp³-hybridized carbons (Fsp3) is 0.579. The first kappa shape index (κ1) is 21.7. The molecule has 0 spiro atoms. The van der Waals surface area contributed by atoms with Gasteiger partial charge in [-0.3, -0.25) is 14.5 Å². The van der Waals surface area contributed by atoms with E-state index >= 15 is 0 Å². The van der Waals surface area contributed by atoms with Crippen LogP contribution in [-0.4, -0.2) is 98.6 Å². The molecule has 2 aliphatic heterocycles. The zero-order chi connectivity index (χ0) is 21.2. The molecule has 0 bridgehead atoms. The Labute approximate surface area is 170 Å². The summed E-state index contributed by atoms with van der Waals surface area (Å²) in [6.45, 7) is 1.71. The van der Waals surface area contributed by atoms with E-state index in [1.807, 2.05) is 4.90 Å². The number of likely N-dealkylation sites (tertiary alicyclic amines) is 1. The van der Waals surface area contributed by atoms with Crippen LogP contribution in [0.2, 0.25) is 0 Å². The summed E-state index contributed by atoms with van der Waals surface area (Å²) >= 11 is 0. The summed E-state index contributed by atoms with van der Waals surface area (Å²) in [4.78, 5) is 30.0. The van der Waals surface area contributed by atoms with Crippen molar-refractivity contribution < 1.29 is 22.4 Å². The molecular formula is C19H27FN4O4S. The third-order valence-electron chi connectivity index (χ3n) is 5.45. The Morgan fingerprint density at radius 1 is 1.14 bits per heavy atom. The Hall–Kier alpha value is -2.04. The van der Waals surface area contributed by atoms with Crippen LogP contribution in [0, 0.1) is 5.82 Å². The molecule has 1 unspecified atom stereocenters. The number of carbonyl (C=O) groups excluding carboxylic acids is 2. The van der Waals surface area contributed by atoms with Gasteiger partial charge in [-0.05, 0) is 37.6 Å². The number of nitrogens with zero attached hydrogens (tertiary/aromatic N) is 4. The van der Waals surface area contributed by atoms with Gasteiger partial charge in [0.2, 0.25) is 21.8 Å². The molecule has 1 aromatic rings. The third-order valence-corrected chi connectivity index (χ3v) is 7.35. The summed E-state index contributed by atoms with van der Waals surface area (Å²) in [5, 5.41) is 0. The maximum atomic E-state index is 13.4. The van der Waals surface area contributed by atoms with E-state index in [1.165, 1.54) is 22.5 Å². The van der Waals surface area contributed by atoms with Crippen molar-refractivity contribution in [1.29, 1.82) is 0 Å². The monoisotopic (exact) mass is 426 g/mol. The number of halogens is 1. The highest BCUT2D eigenvalue weighted by Crippen LogP contribution is 2.21. The summed E-state index contributed by atoms with van der Waals surface area (Å²) < 4.78 is 40.0. The molecule has 0 aliphatic carbocycles. The van der Waals surface area contributed by atoms with Gasteiger partial charge in [-0.2, -0.15) is 4.31 Å². The van der Waals surface area contributed by atoms with Crippen LogP contribution < -0.4 is 0 Å². The molecule has 1 atom stereocenters. The zero-order valence-electron chi connectivity index (χ0n) is 16.8. The van der Waals surface area contributed by atoms with E-state index in [1.54, 1.807) is 23.9 Å². The van der Waals surface area contributed by atoms with Gasteiger partial charge in [0, 0.05) is 40.3 Å². The standard InChI is InChI=1S/C19H27FN4O4S/c1-21(2)19(26)17-7-4-8-23(17)14-18(25)22-9-11-24(12-10-22)29(27,28)16-6-3-5-15(20)13-16/h3,5-6,13,17H,4,7-12,14H2,1-2H3. The van der Waals surface area contributed by atoms with Crippen molar-refractivity contribution in [2.24, 2.45) is 0 Å². The Bertz CT molecular complexity index is 869. The molecule has 2 saturated heterocycles. The van der Waals surface area contributed by atoms with Crippen molar-refractivity contribution in [3.63, 3.8) is 0 Å². The van der Waals surface area contributed by atoms with E-state index < -0.39 is 15.8 Å². The minimum absolute atomic E-state index is 0.00121. The number of hydrogen-bond donors (Lipinski definition) is 0. The van der Waals surface area contributed by atoms with Crippen molar-refractivity contribution in [3.8, 4) is 0 Å². The van der Waals surface area contributed by atoms with Crippen molar-refractivity contribution in [2.45, 2.75) is 23.8 Å². The number of piperazine rings is 1. The average molecular weight is 427 g/mol. The lowest BCUT2D eigenvalue weighted by Crippen LogP contribution is -2.53. The van der Waals surface area contributed by atoms with Gasteiger partial charge < -0.3 is 9.80 Å². The molecule has 1 aromatic carbocycles. The molecule has 0 radical (unpaired) electrons. The molecule has 2 heterocycles. The Balaban J connectivity index is 1.58. The van der Waals surface area contributed by atoms with Crippen LogP contribution in [0.15, 0.2) is 29.2 Å². The Kier molecular flexibility index (Phi) is 6.55. The SMILES string of the molecule is CN(C)C(=O)C1CCCN1CC(=O)N1CCN(S(=O)(=O)c2cccc(F)c2)CC1. The van der Waals surface area contributed by atoms with E-state index in [0.29, 0.717) is 6.54 Å². The normalized spacial score (nSPS) is 21.3. The van der Waals surface area contributed by atoms with E-state index in [4.69, 9.17) is 0 Å². The zero-order valence-corrected chi connectivity index (χ0v) is 17.6. The molecule has 29 heavy (non-hydrogen) atoms. The molecule has 8 nitrogen and oxygen atoms in total. The van der Waals surface area contributed by atoms with Gasteiger partial charge in [-0.25, -0.2) is 12.8 Å². The summed E-state index contributed by atoms with van der Waals surface area (Å²) in [6, 6.07) is 4.66. The van der Waals surface area contributed by atoms with Crippen LogP contribution in [0.3, 0.4) is 0 Å². The molecule has 2 aliphatic rings. The number of benzene rings is 1. The number of likely N-dealkylation sites (N-methyl/N-ethyl adjacent to an activating group) is 1. The van der Waals surface area contributed by atoms with Gasteiger partial charge in [0.25, 0.3) is 0 Å². The van der Waals surface area contributed by atoms with Gasteiger partial charge in [0.1, 0.15) is 5.82 Å². The third kappa shape index (κ3) is 4.76. The van der Waals surface area contributed by atoms with E-state index in [0.717, 1.165) is 18.9 Å². The molecule has 0 saturated carbocycles. The van der Waals surface area contributed by atoms with Gasteiger partial charge in [-0.15, -0.1) is 0 Å². The van der Waals surface area contributed by atoms with Crippen LogP contribution in [-0.2, 0) is 19.6 Å². The number of sulfonamides is 1. The van der Waals surface area contributed by atoms with Crippen molar-refractivity contribution in [1.82, 2.24) is 19.0 Å². The fourth-order valence-electron chi connectivity index (χ4n) is 3.82. The highest BCUT2D eigenvalue weighted by Gasteiger charge is 2.35. The van der Waals surface area contributed by atoms with Crippen LogP contribution in [0.4, 0.5) is 4.39 Å². The lowest BCUT2D eigenvalue weighted by molar-refractivity contribution is -0.137. The van der Waals surface area contributed by atoms with Crippen molar-refractivity contribution in [3.05, 3.63) is 30.1 Å². The predicted molar refractivity (Wildman–Crippen MR) is 105 cm³/mol. The maximum absolute atomic E-state index is 13.4. The Morgan fingerprint density at radius 2 is 1.83 bits per heavy atom. The summed E-state index contributed by atoms with van der Waals surface area (Å²) in [5.41, 5.74) is 0. The van der Waals surface area contributed by atoms with Gasteiger partial charge >= 0.3 is 0 Å². The molecule has 10 heteroatoms. The first-order chi connectivity index (χ1) is 13.7. The second kappa shape index (κ2) is 8.76. The minimum Gasteiger partial charge on any atom is -0.347 e. The highest BCUT2D eigenvalue weighted by atomic mass is 32.2. The Morgan fingerprint density at radius 3 is 2.45 bits per heavy atom. The lowest BCUT2D eigenvalue weighted by Gasteiger charge is -2.35. The van der Waals surface area contributed by atoms with Crippen LogP contribution in [0.25, 0.3) is 0 Å². The van der Waals surface area contributed by atoms with Crippen molar-refractivity contribution in [2.75, 3.05) is 53.4 Å². The van der Waals surface area contributed by atoms with Crippen molar-refractivity contribution >= 4 is 21.8 Å². The van der Waals surface area contributed by atoms with Crippen LogP contribution >= 0.6 is 0 Å². The van der Waals surface area contributed by atoms with Gasteiger partial charge in [0.15, 0.2) is 0 Å². The first-order valence-electron chi connectivity index (χ1n) is 9.69. The van der Waals surface area contributed by atoms with E-state index in [-0.39, 0.29) is 55.5 Å². The highest BCUT2D eigenvalue weighted by molar-refractivity contribution is 7.89. The number of hydrogen-bond acceptors (Lipinski definition) is 5. The van der Waals surface area contributed by atoms with Gasteiger partial charge in [0.05, 0.1) is 17.5 Å². The predicted octanol–water partition coefficient (Wildman–Crippen LogP) is 0.211. The number of rotatable bonds is 5. The van der Waals surface area contributed by atoms with Crippen LogP contribution in [0.5, 0.6) is 0 Å². The molecule has 2 amide bonds. The number of amides is 2. The quantitative estimate of drug-likeness (QED) is 0.673. The largest absolute Gasteiger partial charge is 0.347 e. The lowest BCUT2D eigenvalue weighted by atomic mass is 10.2. The molecule has 0 aromatic heterocycles. The van der Waals surface area contributed by atoms with Gasteiger partial charge in [-0.1, -0.05) is 6.07 Å².